The maximum atomic E-state index is 12.1. The van der Waals surface area contributed by atoms with Crippen molar-refractivity contribution in [2.45, 2.75) is 37.5 Å². The molecule has 0 unspecified atom stereocenters. The van der Waals surface area contributed by atoms with Gasteiger partial charge in [-0.3, -0.25) is 4.79 Å². The van der Waals surface area contributed by atoms with E-state index in [4.69, 9.17) is 11.6 Å². The lowest BCUT2D eigenvalue weighted by molar-refractivity contribution is -0.140. The second kappa shape index (κ2) is 8.36. The van der Waals surface area contributed by atoms with Gasteiger partial charge in [0.2, 0.25) is 10.0 Å². The molecule has 0 aliphatic heterocycles. The van der Waals surface area contributed by atoms with Crippen molar-refractivity contribution in [1.82, 2.24) is 4.72 Å². The highest BCUT2D eigenvalue weighted by Gasteiger charge is 2.16. The van der Waals surface area contributed by atoms with Crippen LogP contribution in [0.15, 0.2) is 23.1 Å². The van der Waals surface area contributed by atoms with Crippen LogP contribution in [0.25, 0.3) is 0 Å². The van der Waals surface area contributed by atoms with Crippen LogP contribution in [0.1, 0.15) is 31.2 Å². The van der Waals surface area contributed by atoms with Gasteiger partial charge in [-0.25, -0.2) is 13.1 Å². The Morgan fingerprint density at radius 1 is 1.29 bits per heavy atom. The number of rotatable bonds is 8. The Morgan fingerprint density at radius 2 is 2.00 bits per heavy atom. The van der Waals surface area contributed by atoms with Crippen LogP contribution in [-0.2, 0) is 19.6 Å². The van der Waals surface area contributed by atoms with Gasteiger partial charge in [0, 0.05) is 18.0 Å². The number of nitrogens with one attached hydrogen (secondary N) is 1. The summed E-state index contributed by atoms with van der Waals surface area (Å²) in [5, 5.41) is 0.509. The quantitative estimate of drug-likeness (QED) is 0.586. The molecule has 0 aliphatic rings. The van der Waals surface area contributed by atoms with Crippen LogP contribution >= 0.6 is 11.6 Å². The van der Waals surface area contributed by atoms with Crippen molar-refractivity contribution in [1.29, 1.82) is 0 Å². The minimum absolute atomic E-state index is 0.237. The third-order valence-corrected chi connectivity index (χ3v) is 4.86. The van der Waals surface area contributed by atoms with Crippen molar-refractivity contribution >= 4 is 27.6 Å². The third-order valence-electron chi connectivity index (χ3n) is 3.00. The molecule has 0 spiro atoms. The number of aryl methyl sites for hydroxylation is 1. The van der Waals surface area contributed by atoms with Gasteiger partial charge >= 0.3 is 5.97 Å². The summed E-state index contributed by atoms with van der Waals surface area (Å²) < 4.78 is 31.3. The van der Waals surface area contributed by atoms with Crippen molar-refractivity contribution in [2.24, 2.45) is 0 Å². The molecule has 1 rings (SSSR count). The van der Waals surface area contributed by atoms with E-state index in [-0.39, 0.29) is 10.9 Å². The zero-order valence-corrected chi connectivity index (χ0v) is 13.8. The second-order valence-corrected chi connectivity index (χ2v) is 6.87. The van der Waals surface area contributed by atoms with Crippen LogP contribution in [0.4, 0.5) is 0 Å². The molecule has 1 N–H and O–H groups in total. The largest absolute Gasteiger partial charge is 0.469 e. The molecule has 0 bridgehead atoms. The molecule has 0 saturated carbocycles. The Bertz CT molecular complexity index is 587. The van der Waals surface area contributed by atoms with Gasteiger partial charge in [-0.05, 0) is 43.5 Å². The van der Waals surface area contributed by atoms with Crippen LogP contribution in [-0.4, -0.2) is 28.0 Å². The Balaban J connectivity index is 2.42. The first-order valence-corrected chi connectivity index (χ1v) is 8.55. The van der Waals surface area contributed by atoms with Crippen LogP contribution in [0, 0.1) is 6.92 Å². The smallest absolute Gasteiger partial charge is 0.305 e. The van der Waals surface area contributed by atoms with E-state index in [0.717, 1.165) is 6.42 Å². The lowest BCUT2D eigenvalue weighted by atomic mass is 10.2. The molecule has 118 valence electrons. The fourth-order valence-corrected chi connectivity index (χ4v) is 3.40. The summed E-state index contributed by atoms with van der Waals surface area (Å²) >= 11 is 5.81. The first kappa shape index (κ1) is 17.9. The van der Waals surface area contributed by atoms with Crippen LogP contribution < -0.4 is 4.72 Å². The number of halogens is 1. The molecule has 1 aromatic carbocycles. The average molecular weight is 334 g/mol. The highest BCUT2D eigenvalue weighted by atomic mass is 35.5. The summed E-state index contributed by atoms with van der Waals surface area (Å²) in [6.07, 6.45) is 2.48. The Hall–Kier alpha value is -1.11. The molecule has 21 heavy (non-hydrogen) atoms. The van der Waals surface area contributed by atoms with E-state index in [9.17, 15) is 13.2 Å². The first-order chi connectivity index (χ1) is 9.86. The predicted octanol–water partition coefficient (Wildman–Crippen LogP) is 2.66. The molecule has 1 aromatic rings. The van der Waals surface area contributed by atoms with E-state index in [1.165, 1.54) is 13.2 Å². The predicted molar refractivity (Wildman–Crippen MR) is 81.9 cm³/mol. The molecule has 0 aliphatic carbocycles. The summed E-state index contributed by atoms with van der Waals surface area (Å²) in [6, 6.07) is 4.67. The van der Waals surface area contributed by atoms with Gasteiger partial charge in [0.05, 0.1) is 12.0 Å². The minimum atomic E-state index is -3.52. The van der Waals surface area contributed by atoms with Gasteiger partial charge in [0.15, 0.2) is 0 Å². The van der Waals surface area contributed by atoms with Crippen LogP contribution in [0.5, 0.6) is 0 Å². The van der Waals surface area contributed by atoms with Gasteiger partial charge < -0.3 is 4.74 Å². The van der Waals surface area contributed by atoms with Crippen LogP contribution in [0.3, 0.4) is 0 Å². The number of sulfonamides is 1. The van der Waals surface area contributed by atoms with Crippen LogP contribution in [0.2, 0.25) is 5.02 Å². The number of benzene rings is 1. The lowest BCUT2D eigenvalue weighted by Gasteiger charge is -2.09. The Morgan fingerprint density at radius 3 is 2.62 bits per heavy atom. The summed E-state index contributed by atoms with van der Waals surface area (Å²) in [7, 11) is -2.16. The summed E-state index contributed by atoms with van der Waals surface area (Å²) in [5.74, 6) is -0.243. The molecule has 7 heteroatoms. The molecule has 0 saturated heterocycles. The molecule has 0 amide bonds. The zero-order chi connectivity index (χ0) is 15.9. The maximum absolute atomic E-state index is 12.1. The fourth-order valence-electron chi connectivity index (χ4n) is 1.87. The SMILES string of the molecule is COC(=O)CCCCCNS(=O)(=O)c1ccc(Cl)cc1C. The molecule has 5 nitrogen and oxygen atoms in total. The van der Waals surface area contributed by atoms with Crippen molar-refractivity contribution < 1.29 is 17.9 Å². The number of carbonyl (C=O) groups is 1. The minimum Gasteiger partial charge on any atom is -0.469 e. The summed E-state index contributed by atoms with van der Waals surface area (Å²) in [6.45, 7) is 2.04. The van der Waals surface area contributed by atoms with Gasteiger partial charge in [0.1, 0.15) is 0 Å². The molecule has 0 aromatic heterocycles. The second-order valence-electron chi connectivity index (χ2n) is 4.69. The van der Waals surface area contributed by atoms with Crippen molar-refractivity contribution in [2.75, 3.05) is 13.7 Å². The van der Waals surface area contributed by atoms with Crippen molar-refractivity contribution in [3.05, 3.63) is 28.8 Å². The molecular weight excluding hydrogens is 314 g/mol. The van der Waals surface area contributed by atoms with Gasteiger partial charge in [-0.15, -0.1) is 0 Å². The normalized spacial score (nSPS) is 11.4. The van der Waals surface area contributed by atoms with Gasteiger partial charge in [0.25, 0.3) is 0 Å². The molecule has 0 heterocycles. The van der Waals surface area contributed by atoms with Gasteiger partial charge in [-0.2, -0.15) is 0 Å². The average Bonchev–Trinajstić information content (AvgIpc) is 2.41. The van der Waals surface area contributed by atoms with E-state index in [1.807, 2.05) is 0 Å². The Kier molecular flexibility index (Phi) is 7.14. The molecular formula is C14H20ClNO4S. The first-order valence-electron chi connectivity index (χ1n) is 6.69. The van der Waals surface area contributed by atoms with E-state index in [1.54, 1.807) is 19.1 Å². The lowest BCUT2D eigenvalue weighted by Crippen LogP contribution is -2.25. The maximum Gasteiger partial charge on any atom is 0.305 e. The summed E-state index contributed by atoms with van der Waals surface area (Å²) in [4.78, 5) is 11.1. The number of hydrogen-bond donors (Lipinski definition) is 1. The molecule has 0 atom stereocenters. The van der Waals surface area contributed by atoms with E-state index >= 15 is 0 Å². The number of hydrogen-bond acceptors (Lipinski definition) is 4. The highest BCUT2D eigenvalue weighted by Crippen LogP contribution is 2.19. The highest BCUT2D eigenvalue weighted by molar-refractivity contribution is 7.89. The topological polar surface area (TPSA) is 72.5 Å². The van der Waals surface area contributed by atoms with E-state index < -0.39 is 10.0 Å². The van der Waals surface area contributed by atoms with E-state index in [0.29, 0.717) is 36.4 Å². The number of ether oxygens (including phenoxy) is 1. The molecule has 0 fully saturated rings. The van der Waals surface area contributed by atoms with Gasteiger partial charge in [-0.1, -0.05) is 18.0 Å². The summed E-state index contributed by atoms with van der Waals surface area (Å²) in [5.41, 5.74) is 0.612. The van der Waals surface area contributed by atoms with Crippen molar-refractivity contribution in [3.8, 4) is 0 Å². The zero-order valence-electron chi connectivity index (χ0n) is 12.2. The number of esters is 1. The van der Waals surface area contributed by atoms with E-state index in [2.05, 4.69) is 9.46 Å². The van der Waals surface area contributed by atoms with Crippen molar-refractivity contribution in [3.63, 3.8) is 0 Å². The fraction of sp³-hybridized carbons (Fsp3) is 0.500. The number of methoxy groups -OCH3 is 1. The molecule has 0 radical (unpaired) electrons. The standard InChI is InChI=1S/C14H20ClNO4S/c1-11-10-12(15)7-8-13(11)21(18,19)16-9-5-3-4-6-14(17)20-2/h7-8,10,16H,3-6,9H2,1-2H3. The number of unbranched alkanes of at least 4 members (excludes halogenated alkanes) is 2. The third kappa shape index (κ3) is 6.03. The Labute approximate surface area is 130 Å². The number of carbonyl (C=O) groups excluding carboxylic acids is 1. The monoisotopic (exact) mass is 333 g/mol.